The van der Waals surface area contributed by atoms with Crippen molar-refractivity contribution in [3.8, 4) is 5.88 Å². The Bertz CT molecular complexity index is 608. The molecular formula is C20H30FN3O3. The van der Waals surface area contributed by atoms with E-state index < -0.39 is 6.86 Å². The number of pyridine rings is 1. The maximum absolute atomic E-state index is 12.6. The number of amides is 1. The topological polar surface area (TPSA) is 54.9 Å². The lowest BCUT2D eigenvalue weighted by molar-refractivity contribution is 0.105. The van der Waals surface area contributed by atoms with Gasteiger partial charge < -0.3 is 19.3 Å². The van der Waals surface area contributed by atoms with Gasteiger partial charge in [0.2, 0.25) is 12.7 Å². The van der Waals surface area contributed by atoms with Gasteiger partial charge in [0.05, 0.1) is 6.61 Å². The zero-order valence-corrected chi connectivity index (χ0v) is 16.1. The molecule has 0 aliphatic carbocycles. The van der Waals surface area contributed by atoms with Crippen LogP contribution in [0.2, 0.25) is 0 Å². The molecule has 0 spiro atoms. The van der Waals surface area contributed by atoms with Crippen molar-refractivity contribution in [3.05, 3.63) is 23.9 Å². The summed E-state index contributed by atoms with van der Waals surface area (Å²) >= 11 is 0. The first kappa shape index (κ1) is 19.9. The third-order valence-electron chi connectivity index (χ3n) is 5.70. The van der Waals surface area contributed by atoms with Crippen LogP contribution in [0.3, 0.4) is 0 Å². The second kappa shape index (κ2) is 9.88. The molecule has 2 fully saturated rings. The molecule has 1 aromatic rings. The van der Waals surface area contributed by atoms with Crippen molar-refractivity contribution < 1.29 is 18.7 Å². The summed E-state index contributed by atoms with van der Waals surface area (Å²) in [5.41, 5.74) is 1.02. The molecule has 2 saturated heterocycles. The molecule has 1 amide bonds. The standard InChI is InChI=1S/C20H30FN3O3/c1-2-26-20(25)24-11-4-5-17(9-14-24)23-12-7-16(8-13-23)18-6-3-10-22-19(18)27-15-21/h3,6,10,16-17H,2,4-5,7-9,11-15H2,1H3. The lowest BCUT2D eigenvalue weighted by Crippen LogP contribution is -2.41. The van der Waals surface area contributed by atoms with E-state index in [1.165, 1.54) is 0 Å². The largest absolute Gasteiger partial charge is 0.450 e. The number of rotatable bonds is 5. The number of hydrogen-bond donors (Lipinski definition) is 0. The highest BCUT2D eigenvalue weighted by Gasteiger charge is 2.30. The van der Waals surface area contributed by atoms with Crippen LogP contribution in [0.25, 0.3) is 0 Å². The number of halogens is 1. The van der Waals surface area contributed by atoms with E-state index in [2.05, 4.69) is 9.88 Å². The number of nitrogens with zero attached hydrogens (tertiary/aromatic N) is 3. The first-order chi connectivity index (χ1) is 13.2. The normalized spacial score (nSPS) is 22.3. The molecule has 3 rings (SSSR count). The first-order valence-corrected chi connectivity index (χ1v) is 10.0. The van der Waals surface area contributed by atoms with Crippen LogP contribution in [0, 0.1) is 0 Å². The van der Waals surface area contributed by atoms with Gasteiger partial charge in [-0.15, -0.1) is 0 Å². The minimum Gasteiger partial charge on any atom is -0.450 e. The van der Waals surface area contributed by atoms with Crippen molar-refractivity contribution in [1.82, 2.24) is 14.8 Å². The lowest BCUT2D eigenvalue weighted by Gasteiger charge is -2.37. The number of alkyl halides is 1. The maximum Gasteiger partial charge on any atom is 0.409 e. The Kier molecular flexibility index (Phi) is 7.26. The van der Waals surface area contributed by atoms with Gasteiger partial charge in [-0.1, -0.05) is 6.07 Å². The highest BCUT2D eigenvalue weighted by Crippen LogP contribution is 2.34. The van der Waals surface area contributed by atoms with Gasteiger partial charge in [0.15, 0.2) is 0 Å². The summed E-state index contributed by atoms with van der Waals surface area (Å²) in [7, 11) is 0. The van der Waals surface area contributed by atoms with Crippen molar-refractivity contribution in [2.24, 2.45) is 0 Å². The van der Waals surface area contributed by atoms with Gasteiger partial charge in [-0.3, -0.25) is 0 Å². The Morgan fingerprint density at radius 1 is 1.22 bits per heavy atom. The minimum absolute atomic E-state index is 0.186. The van der Waals surface area contributed by atoms with Gasteiger partial charge >= 0.3 is 6.09 Å². The smallest absolute Gasteiger partial charge is 0.409 e. The predicted molar refractivity (Wildman–Crippen MR) is 101 cm³/mol. The van der Waals surface area contributed by atoms with Crippen molar-refractivity contribution >= 4 is 6.09 Å². The second-order valence-corrected chi connectivity index (χ2v) is 7.23. The van der Waals surface area contributed by atoms with Crippen LogP contribution >= 0.6 is 0 Å². The van der Waals surface area contributed by atoms with Crippen molar-refractivity contribution in [1.29, 1.82) is 0 Å². The maximum atomic E-state index is 12.6. The quantitative estimate of drug-likeness (QED) is 0.783. The van der Waals surface area contributed by atoms with Crippen LogP contribution in [0.15, 0.2) is 18.3 Å². The Morgan fingerprint density at radius 2 is 2.04 bits per heavy atom. The monoisotopic (exact) mass is 379 g/mol. The number of piperidine rings is 1. The van der Waals surface area contributed by atoms with Crippen LogP contribution in [-0.2, 0) is 4.74 Å². The van der Waals surface area contributed by atoms with E-state index in [9.17, 15) is 9.18 Å². The van der Waals surface area contributed by atoms with E-state index in [1.54, 1.807) is 6.20 Å². The summed E-state index contributed by atoms with van der Waals surface area (Å²) in [6.07, 6.45) is 6.62. The summed E-state index contributed by atoms with van der Waals surface area (Å²) in [6, 6.07) is 4.41. The molecule has 1 aromatic heterocycles. The Labute approximate surface area is 160 Å². The summed E-state index contributed by atoms with van der Waals surface area (Å²) in [5, 5.41) is 0. The van der Waals surface area contributed by atoms with Crippen molar-refractivity contribution in [2.75, 3.05) is 39.6 Å². The van der Waals surface area contributed by atoms with Crippen molar-refractivity contribution in [3.63, 3.8) is 0 Å². The molecule has 0 saturated carbocycles. The fourth-order valence-corrected chi connectivity index (χ4v) is 4.30. The van der Waals surface area contributed by atoms with E-state index in [-0.39, 0.29) is 6.09 Å². The average Bonchev–Trinajstić information content (AvgIpc) is 2.95. The van der Waals surface area contributed by atoms with E-state index >= 15 is 0 Å². The van der Waals surface area contributed by atoms with Gasteiger partial charge in [0.25, 0.3) is 0 Å². The molecule has 27 heavy (non-hydrogen) atoms. The predicted octanol–water partition coefficient (Wildman–Crippen LogP) is 3.58. The molecule has 2 aliphatic rings. The molecule has 0 N–H and O–H groups in total. The fourth-order valence-electron chi connectivity index (χ4n) is 4.30. The van der Waals surface area contributed by atoms with E-state index in [0.29, 0.717) is 24.4 Å². The van der Waals surface area contributed by atoms with Gasteiger partial charge in [-0.25, -0.2) is 14.2 Å². The summed E-state index contributed by atoms with van der Waals surface area (Å²) in [6.45, 7) is 4.99. The summed E-state index contributed by atoms with van der Waals surface area (Å²) in [4.78, 5) is 20.5. The summed E-state index contributed by atoms with van der Waals surface area (Å²) < 4.78 is 22.8. The number of aromatic nitrogens is 1. The molecular weight excluding hydrogens is 349 g/mol. The molecule has 0 bridgehead atoms. The Balaban J connectivity index is 1.53. The van der Waals surface area contributed by atoms with Gasteiger partial charge in [-0.2, -0.15) is 0 Å². The zero-order chi connectivity index (χ0) is 19.1. The highest BCUT2D eigenvalue weighted by molar-refractivity contribution is 5.67. The average molecular weight is 379 g/mol. The Hall–Kier alpha value is -1.89. The molecule has 0 radical (unpaired) electrons. The molecule has 150 valence electrons. The zero-order valence-electron chi connectivity index (χ0n) is 16.1. The molecule has 1 atom stereocenters. The number of ether oxygens (including phenoxy) is 2. The van der Waals surface area contributed by atoms with E-state index in [4.69, 9.17) is 9.47 Å². The van der Waals surface area contributed by atoms with Crippen LogP contribution in [0.5, 0.6) is 5.88 Å². The fraction of sp³-hybridized carbons (Fsp3) is 0.700. The van der Waals surface area contributed by atoms with Crippen LogP contribution in [0.1, 0.15) is 50.5 Å². The third-order valence-corrected chi connectivity index (χ3v) is 5.70. The molecule has 6 nitrogen and oxygen atoms in total. The lowest BCUT2D eigenvalue weighted by atomic mass is 9.89. The van der Waals surface area contributed by atoms with Crippen LogP contribution < -0.4 is 4.74 Å². The van der Waals surface area contributed by atoms with Gasteiger partial charge in [0, 0.05) is 30.9 Å². The van der Waals surface area contributed by atoms with Gasteiger partial charge in [0.1, 0.15) is 0 Å². The number of carbonyl (C=O) groups excluding carboxylic acids is 1. The molecule has 7 heteroatoms. The minimum atomic E-state index is -0.845. The third kappa shape index (κ3) is 5.09. The Morgan fingerprint density at radius 3 is 2.78 bits per heavy atom. The molecule has 1 unspecified atom stereocenters. The van der Waals surface area contributed by atoms with Crippen molar-refractivity contribution in [2.45, 2.75) is 51.0 Å². The highest BCUT2D eigenvalue weighted by atomic mass is 19.1. The van der Waals surface area contributed by atoms with E-state index in [0.717, 1.165) is 63.8 Å². The molecule has 2 aliphatic heterocycles. The molecule has 0 aromatic carbocycles. The van der Waals surface area contributed by atoms with Gasteiger partial charge in [-0.05, 0) is 64.1 Å². The number of carbonyl (C=O) groups is 1. The molecule has 3 heterocycles. The number of hydrogen-bond acceptors (Lipinski definition) is 5. The summed E-state index contributed by atoms with van der Waals surface area (Å²) in [5.74, 6) is 0.788. The SMILES string of the molecule is CCOC(=O)N1CCCC(N2CCC(c3cccnc3OCF)CC2)CC1. The van der Waals surface area contributed by atoms with Crippen LogP contribution in [-0.4, -0.2) is 66.6 Å². The number of likely N-dealkylation sites (tertiary alicyclic amines) is 2. The van der Waals surface area contributed by atoms with E-state index in [1.807, 2.05) is 24.0 Å². The second-order valence-electron chi connectivity index (χ2n) is 7.23. The van der Waals surface area contributed by atoms with Crippen LogP contribution in [0.4, 0.5) is 9.18 Å². The first-order valence-electron chi connectivity index (χ1n) is 10.0.